The van der Waals surface area contributed by atoms with Crippen molar-refractivity contribution in [2.24, 2.45) is 0 Å². The van der Waals surface area contributed by atoms with Crippen molar-refractivity contribution in [2.45, 2.75) is 6.54 Å². The van der Waals surface area contributed by atoms with Gasteiger partial charge in [0.15, 0.2) is 11.4 Å². The second-order valence-electron chi connectivity index (χ2n) is 7.71. The SMILES string of the molecule is O=C(Nc1ccccc1Oc1ccccc1)c1nn(Cc2ccccc2)c(=O)c2ccccc12. The highest BCUT2D eigenvalue weighted by Crippen LogP contribution is 2.29. The second-order valence-corrected chi connectivity index (χ2v) is 7.71. The molecule has 0 spiro atoms. The fourth-order valence-electron chi connectivity index (χ4n) is 3.72. The molecule has 4 aromatic carbocycles. The summed E-state index contributed by atoms with van der Waals surface area (Å²) in [7, 11) is 0. The highest BCUT2D eigenvalue weighted by molar-refractivity contribution is 6.11. The predicted molar refractivity (Wildman–Crippen MR) is 132 cm³/mol. The molecule has 0 unspecified atom stereocenters. The van der Waals surface area contributed by atoms with Gasteiger partial charge in [-0.15, -0.1) is 0 Å². The number of hydrogen-bond acceptors (Lipinski definition) is 4. The van der Waals surface area contributed by atoms with E-state index < -0.39 is 5.91 Å². The van der Waals surface area contributed by atoms with Gasteiger partial charge in [0.25, 0.3) is 11.5 Å². The summed E-state index contributed by atoms with van der Waals surface area (Å²) in [5.74, 6) is 0.732. The van der Waals surface area contributed by atoms with Gasteiger partial charge in [-0.3, -0.25) is 9.59 Å². The van der Waals surface area contributed by atoms with Crippen LogP contribution in [0.15, 0.2) is 114 Å². The average molecular weight is 447 g/mol. The Morgan fingerprint density at radius 3 is 2.15 bits per heavy atom. The maximum absolute atomic E-state index is 13.4. The smallest absolute Gasteiger partial charge is 0.276 e. The number of amides is 1. The number of para-hydroxylation sites is 3. The monoisotopic (exact) mass is 447 g/mol. The summed E-state index contributed by atoms with van der Waals surface area (Å²) in [6.07, 6.45) is 0. The van der Waals surface area contributed by atoms with E-state index in [1.807, 2.05) is 72.8 Å². The van der Waals surface area contributed by atoms with Crippen LogP contribution in [0.5, 0.6) is 11.5 Å². The third-order valence-electron chi connectivity index (χ3n) is 5.36. The third-order valence-corrected chi connectivity index (χ3v) is 5.36. The number of carbonyl (C=O) groups is 1. The van der Waals surface area contributed by atoms with Crippen LogP contribution in [-0.2, 0) is 6.54 Å². The summed E-state index contributed by atoms with van der Waals surface area (Å²) in [6, 6.07) is 33.1. The predicted octanol–water partition coefficient (Wildman–Crippen LogP) is 5.49. The van der Waals surface area contributed by atoms with E-state index in [0.717, 1.165) is 5.56 Å². The minimum absolute atomic E-state index is 0.167. The molecule has 0 aliphatic heterocycles. The normalized spacial score (nSPS) is 10.7. The lowest BCUT2D eigenvalue weighted by atomic mass is 10.1. The lowest BCUT2D eigenvalue weighted by Gasteiger charge is -2.14. The largest absolute Gasteiger partial charge is 0.455 e. The first-order valence-electron chi connectivity index (χ1n) is 10.9. The minimum Gasteiger partial charge on any atom is -0.455 e. The molecule has 0 atom stereocenters. The molecule has 6 heteroatoms. The maximum atomic E-state index is 13.4. The average Bonchev–Trinajstić information content (AvgIpc) is 2.88. The van der Waals surface area contributed by atoms with Crippen molar-refractivity contribution >= 4 is 22.4 Å². The van der Waals surface area contributed by atoms with Crippen molar-refractivity contribution < 1.29 is 9.53 Å². The van der Waals surface area contributed by atoms with Crippen molar-refractivity contribution in [2.75, 3.05) is 5.32 Å². The quantitative estimate of drug-likeness (QED) is 0.374. The fourth-order valence-corrected chi connectivity index (χ4v) is 3.72. The molecular formula is C28H21N3O3. The molecule has 0 radical (unpaired) electrons. The lowest BCUT2D eigenvalue weighted by Crippen LogP contribution is -2.28. The Morgan fingerprint density at radius 1 is 0.765 bits per heavy atom. The van der Waals surface area contributed by atoms with Crippen LogP contribution in [0.2, 0.25) is 0 Å². The Hall–Kier alpha value is -4.71. The topological polar surface area (TPSA) is 73.2 Å². The summed E-state index contributed by atoms with van der Waals surface area (Å²) in [5, 5.41) is 8.30. The van der Waals surface area contributed by atoms with E-state index >= 15 is 0 Å². The number of benzene rings is 4. The lowest BCUT2D eigenvalue weighted by molar-refractivity contribution is 0.102. The zero-order valence-corrected chi connectivity index (χ0v) is 18.2. The molecule has 5 rings (SSSR count). The van der Waals surface area contributed by atoms with Gasteiger partial charge in [0.05, 0.1) is 17.6 Å². The number of aromatic nitrogens is 2. The van der Waals surface area contributed by atoms with Gasteiger partial charge in [-0.05, 0) is 35.9 Å². The molecule has 0 fully saturated rings. The Bertz CT molecular complexity index is 1510. The summed E-state index contributed by atoms with van der Waals surface area (Å²) >= 11 is 0. The Morgan fingerprint density at radius 2 is 1.38 bits per heavy atom. The van der Waals surface area contributed by atoms with Gasteiger partial charge in [-0.25, -0.2) is 4.68 Å². The van der Waals surface area contributed by atoms with Crippen LogP contribution in [0.25, 0.3) is 10.8 Å². The highest BCUT2D eigenvalue weighted by atomic mass is 16.5. The fraction of sp³-hybridized carbons (Fsp3) is 0.0357. The minimum atomic E-state index is -0.429. The first kappa shape index (κ1) is 21.2. The zero-order valence-electron chi connectivity index (χ0n) is 18.2. The van der Waals surface area contributed by atoms with Gasteiger partial charge >= 0.3 is 0 Å². The molecule has 1 N–H and O–H groups in total. The molecule has 0 aliphatic carbocycles. The number of rotatable bonds is 6. The number of hydrogen-bond donors (Lipinski definition) is 1. The van der Waals surface area contributed by atoms with Crippen LogP contribution in [0, 0.1) is 0 Å². The molecule has 0 aliphatic rings. The van der Waals surface area contributed by atoms with E-state index in [4.69, 9.17) is 4.74 Å². The summed E-state index contributed by atoms with van der Waals surface area (Å²) in [4.78, 5) is 26.5. The van der Waals surface area contributed by atoms with Crippen LogP contribution >= 0.6 is 0 Å². The van der Waals surface area contributed by atoms with Crippen LogP contribution in [-0.4, -0.2) is 15.7 Å². The van der Waals surface area contributed by atoms with Gasteiger partial charge in [-0.2, -0.15) is 5.10 Å². The second kappa shape index (κ2) is 9.42. The van der Waals surface area contributed by atoms with Gasteiger partial charge < -0.3 is 10.1 Å². The van der Waals surface area contributed by atoms with Crippen molar-refractivity contribution in [3.63, 3.8) is 0 Å². The Kier molecular flexibility index (Phi) is 5.86. The maximum Gasteiger partial charge on any atom is 0.276 e. The summed E-state index contributed by atoms with van der Waals surface area (Å²) in [5.41, 5.74) is 1.34. The number of anilines is 1. The van der Waals surface area contributed by atoms with E-state index in [2.05, 4.69) is 10.4 Å². The highest BCUT2D eigenvalue weighted by Gasteiger charge is 2.18. The number of nitrogens with one attached hydrogen (secondary N) is 1. The summed E-state index contributed by atoms with van der Waals surface area (Å²) in [6.45, 7) is 0.262. The van der Waals surface area contributed by atoms with Gasteiger partial charge in [0, 0.05) is 5.39 Å². The zero-order chi connectivity index (χ0) is 23.3. The van der Waals surface area contributed by atoms with E-state index in [1.165, 1.54) is 4.68 Å². The van der Waals surface area contributed by atoms with Crippen LogP contribution in [0.4, 0.5) is 5.69 Å². The molecule has 1 amide bonds. The van der Waals surface area contributed by atoms with E-state index in [0.29, 0.717) is 28.0 Å². The van der Waals surface area contributed by atoms with Crippen molar-refractivity contribution in [3.05, 3.63) is 131 Å². The van der Waals surface area contributed by atoms with E-state index in [-0.39, 0.29) is 17.8 Å². The number of carbonyl (C=O) groups excluding carboxylic acids is 1. The molecule has 0 bridgehead atoms. The molecule has 6 nitrogen and oxygen atoms in total. The molecule has 1 heterocycles. The van der Waals surface area contributed by atoms with Crippen LogP contribution < -0.4 is 15.6 Å². The number of fused-ring (bicyclic) bond motifs is 1. The van der Waals surface area contributed by atoms with E-state index in [9.17, 15) is 9.59 Å². The Labute approximate surface area is 196 Å². The molecule has 166 valence electrons. The van der Waals surface area contributed by atoms with Crippen LogP contribution in [0.1, 0.15) is 16.1 Å². The molecule has 1 aromatic heterocycles. The summed E-state index contributed by atoms with van der Waals surface area (Å²) < 4.78 is 7.30. The van der Waals surface area contributed by atoms with Gasteiger partial charge in [0.1, 0.15) is 5.75 Å². The standard InChI is InChI=1S/C28H21N3O3/c32-27(29-24-17-9-10-18-25(24)34-21-13-5-2-6-14-21)26-22-15-7-8-16-23(22)28(33)31(30-26)19-20-11-3-1-4-12-20/h1-18H,19H2,(H,29,32). The number of nitrogens with zero attached hydrogens (tertiary/aromatic N) is 2. The van der Waals surface area contributed by atoms with E-state index in [1.54, 1.807) is 36.4 Å². The molecule has 34 heavy (non-hydrogen) atoms. The molecule has 5 aromatic rings. The third kappa shape index (κ3) is 4.42. The molecular weight excluding hydrogens is 426 g/mol. The molecule has 0 saturated heterocycles. The first-order valence-corrected chi connectivity index (χ1v) is 10.9. The van der Waals surface area contributed by atoms with Crippen molar-refractivity contribution in [1.82, 2.24) is 9.78 Å². The van der Waals surface area contributed by atoms with Crippen molar-refractivity contribution in [1.29, 1.82) is 0 Å². The first-order chi connectivity index (χ1) is 16.7. The number of ether oxygens (including phenoxy) is 1. The molecule has 0 saturated carbocycles. The van der Waals surface area contributed by atoms with Crippen LogP contribution in [0.3, 0.4) is 0 Å². The van der Waals surface area contributed by atoms with Gasteiger partial charge in [0.2, 0.25) is 0 Å². The van der Waals surface area contributed by atoms with Crippen molar-refractivity contribution in [3.8, 4) is 11.5 Å². The Balaban J connectivity index is 1.52. The van der Waals surface area contributed by atoms with Gasteiger partial charge in [-0.1, -0.05) is 78.9 Å².